The highest BCUT2D eigenvalue weighted by Crippen LogP contribution is 1.88. The van der Waals surface area contributed by atoms with Crippen molar-refractivity contribution in [2.45, 2.75) is 39.8 Å². The first-order chi connectivity index (χ1) is 6.82. The lowest BCUT2D eigenvalue weighted by Crippen LogP contribution is -2.46. The van der Waals surface area contributed by atoms with Gasteiger partial charge in [0, 0.05) is 19.1 Å². The SMILES string of the molecule is CC(C)NC(=O)CN(C)C(=O)NC(C)C. The first kappa shape index (κ1) is 13.7. The molecular formula is C10H21N3O2. The molecule has 0 saturated carbocycles. The molecule has 0 heterocycles. The topological polar surface area (TPSA) is 61.4 Å². The Balaban J connectivity index is 3.96. The molecular weight excluding hydrogens is 194 g/mol. The summed E-state index contributed by atoms with van der Waals surface area (Å²) in [5.74, 6) is -0.147. The van der Waals surface area contributed by atoms with Crippen LogP contribution >= 0.6 is 0 Å². The highest BCUT2D eigenvalue weighted by atomic mass is 16.2. The maximum Gasteiger partial charge on any atom is 0.317 e. The van der Waals surface area contributed by atoms with Crippen LogP contribution in [-0.4, -0.2) is 42.5 Å². The molecule has 5 heteroatoms. The van der Waals surface area contributed by atoms with Crippen LogP contribution in [0.5, 0.6) is 0 Å². The number of nitrogens with one attached hydrogen (secondary N) is 2. The van der Waals surface area contributed by atoms with E-state index in [-0.39, 0.29) is 30.6 Å². The van der Waals surface area contributed by atoms with Gasteiger partial charge in [0.1, 0.15) is 6.54 Å². The van der Waals surface area contributed by atoms with Crippen LogP contribution in [0.2, 0.25) is 0 Å². The van der Waals surface area contributed by atoms with Crippen LogP contribution in [0.4, 0.5) is 4.79 Å². The third-order valence-electron chi connectivity index (χ3n) is 1.59. The van der Waals surface area contributed by atoms with E-state index in [9.17, 15) is 9.59 Å². The molecule has 0 aliphatic carbocycles. The monoisotopic (exact) mass is 215 g/mol. The van der Waals surface area contributed by atoms with Crippen molar-refractivity contribution in [3.63, 3.8) is 0 Å². The Morgan fingerprint density at radius 2 is 1.53 bits per heavy atom. The fourth-order valence-corrected chi connectivity index (χ4v) is 1.01. The summed E-state index contributed by atoms with van der Waals surface area (Å²) < 4.78 is 0. The number of hydrogen-bond acceptors (Lipinski definition) is 2. The molecule has 0 atom stereocenters. The molecule has 0 radical (unpaired) electrons. The van der Waals surface area contributed by atoms with Crippen LogP contribution in [0.15, 0.2) is 0 Å². The van der Waals surface area contributed by atoms with E-state index in [1.54, 1.807) is 7.05 Å². The third kappa shape index (κ3) is 6.76. The van der Waals surface area contributed by atoms with Crippen molar-refractivity contribution in [2.75, 3.05) is 13.6 Å². The van der Waals surface area contributed by atoms with E-state index < -0.39 is 0 Å². The Bertz CT molecular complexity index is 227. The molecule has 0 spiro atoms. The second-order valence-corrected chi connectivity index (χ2v) is 4.18. The normalized spacial score (nSPS) is 10.3. The standard InChI is InChI=1S/C10H21N3O2/c1-7(2)11-9(14)6-13(5)10(15)12-8(3)4/h7-8H,6H2,1-5H3,(H,11,14)(H,12,15). The summed E-state index contributed by atoms with van der Waals surface area (Å²) in [6.45, 7) is 7.59. The van der Waals surface area contributed by atoms with Crippen LogP contribution in [0.25, 0.3) is 0 Å². The molecule has 2 N–H and O–H groups in total. The van der Waals surface area contributed by atoms with Gasteiger partial charge in [-0.1, -0.05) is 0 Å². The van der Waals surface area contributed by atoms with Gasteiger partial charge in [-0.25, -0.2) is 4.79 Å². The van der Waals surface area contributed by atoms with Gasteiger partial charge in [0.25, 0.3) is 0 Å². The van der Waals surface area contributed by atoms with Gasteiger partial charge in [-0.2, -0.15) is 0 Å². The van der Waals surface area contributed by atoms with Gasteiger partial charge in [-0.15, -0.1) is 0 Å². The van der Waals surface area contributed by atoms with E-state index in [1.165, 1.54) is 4.90 Å². The van der Waals surface area contributed by atoms with Crippen LogP contribution in [0.1, 0.15) is 27.7 Å². The molecule has 0 aromatic carbocycles. The summed E-state index contributed by atoms with van der Waals surface area (Å²) in [5, 5.41) is 5.43. The molecule has 0 aromatic rings. The number of nitrogens with zero attached hydrogens (tertiary/aromatic N) is 1. The summed E-state index contributed by atoms with van der Waals surface area (Å²) >= 11 is 0. The van der Waals surface area contributed by atoms with Crippen LogP contribution in [-0.2, 0) is 4.79 Å². The molecule has 0 aliphatic rings. The van der Waals surface area contributed by atoms with E-state index in [4.69, 9.17) is 0 Å². The van der Waals surface area contributed by atoms with Crippen LogP contribution < -0.4 is 10.6 Å². The highest BCUT2D eigenvalue weighted by Gasteiger charge is 2.13. The number of likely N-dealkylation sites (N-methyl/N-ethyl adjacent to an activating group) is 1. The van der Waals surface area contributed by atoms with Crippen molar-refractivity contribution < 1.29 is 9.59 Å². The van der Waals surface area contributed by atoms with Crippen molar-refractivity contribution >= 4 is 11.9 Å². The zero-order valence-electron chi connectivity index (χ0n) is 10.1. The first-order valence-corrected chi connectivity index (χ1v) is 5.14. The van der Waals surface area contributed by atoms with Crippen molar-refractivity contribution in [2.24, 2.45) is 0 Å². The number of urea groups is 1. The van der Waals surface area contributed by atoms with Gasteiger partial charge in [-0.05, 0) is 27.7 Å². The number of hydrogen-bond donors (Lipinski definition) is 2. The maximum atomic E-state index is 11.4. The first-order valence-electron chi connectivity index (χ1n) is 5.14. The molecule has 0 rings (SSSR count). The van der Waals surface area contributed by atoms with Gasteiger partial charge in [0.2, 0.25) is 5.91 Å². The average Bonchev–Trinajstić information content (AvgIpc) is 2.00. The summed E-state index contributed by atoms with van der Waals surface area (Å²) in [6, 6.07) is -0.0592. The van der Waals surface area contributed by atoms with Crippen LogP contribution in [0.3, 0.4) is 0 Å². The number of carbonyl (C=O) groups excluding carboxylic acids is 2. The van der Waals surface area contributed by atoms with E-state index >= 15 is 0 Å². The molecule has 0 aliphatic heterocycles. The quantitative estimate of drug-likeness (QED) is 0.720. The van der Waals surface area contributed by atoms with Crippen LogP contribution in [0, 0.1) is 0 Å². The Morgan fingerprint density at radius 3 is 1.93 bits per heavy atom. The molecule has 15 heavy (non-hydrogen) atoms. The maximum absolute atomic E-state index is 11.4. The largest absolute Gasteiger partial charge is 0.352 e. The fraction of sp³-hybridized carbons (Fsp3) is 0.800. The lowest BCUT2D eigenvalue weighted by Gasteiger charge is -2.19. The molecule has 0 fully saturated rings. The number of rotatable bonds is 4. The van der Waals surface area contributed by atoms with Gasteiger partial charge < -0.3 is 15.5 Å². The van der Waals surface area contributed by atoms with Gasteiger partial charge in [0.15, 0.2) is 0 Å². The molecule has 0 saturated heterocycles. The highest BCUT2D eigenvalue weighted by molar-refractivity contribution is 5.84. The second kappa shape index (κ2) is 6.27. The summed E-state index contributed by atoms with van der Waals surface area (Å²) in [6.07, 6.45) is 0. The van der Waals surface area contributed by atoms with E-state index in [0.29, 0.717) is 0 Å². The number of carbonyl (C=O) groups is 2. The fourth-order valence-electron chi connectivity index (χ4n) is 1.01. The van der Waals surface area contributed by atoms with Crippen molar-refractivity contribution in [1.29, 1.82) is 0 Å². The van der Waals surface area contributed by atoms with Gasteiger partial charge in [0.05, 0.1) is 0 Å². The minimum Gasteiger partial charge on any atom is -0.352 e. The predicted molar refractivity (Wildman–Crippen MR) is 59.6 cm³/mol. The number of amides is 3. The smallest absolute Gasteiger partial charge is 0.317 e. The van der Waals surface area contributed by atoms with E-state index in [1.807, 2.05) is 27.7 Å². The lowest BCUT2D eigenvalue weighted by molar-refractivity contribution is -0.121. The average molecular weight is 215 g/mol. The third-order valence-corrected chi connectivity index (χ3v) is 1.59. The summed E-state index contributed by atoms with van der Waals surface area (Å²) in [4.78, 5) is 24.1. The zero-order valence-corrected chi connectivity index (χ0v) is 10.1. The van der Waals surface area contributed by atoms with Crippen molar-refractivity contribution in [3.8, 4) is 0 Å². The molecule has 0 aromatic heterocycles. The minimum absolute atomic E-state index is 0.0770. The molecule has 88 valence electrons. The summed E-state index contributed by atoms with van der Waals surface area (Å²) in [5.41, 5.74) is 0. The lowest BCUT2D eigenvalue weighted by atomic mass is 10.4. The van der Waals surface area contributed by atoms with Crippen molar-refractivity contribution in [1.82, 2.24) is 15.5 Å². The molecule has 0 bridgehead atoms. The zero-order chi connectivity index (χ0) is 12.0. The Morgan fingerprint density at radius 1 is 1.07 bits per heavy atom. The molecule has 0 unspecified atom stereocenters. The Labute approximate surface area is 91.2 Å². The van der Waals surface area contributed by atoms with E-state index in [2.05, 4.69) is 10.6 Å². The molecule has 3 amide bonds. The van der Waals surface area contributed by atoms with Crippen molar-refractivity contribution in [3.05, 3.63) is 0 Å². The Hall–Kier alpha value is -1.26. The second-order valence-electron chi connectivity index (χ2n) is 4.18. The minimum atomic E-state index is -0.232. The molecule has 5 nitrogen and oxygen atoms in total. The van der Waals surface area contributed by atoms with E-state index in [0.717, 1.165) is 0 Å². The van der Waals surface area contributed by atoms with Gasteiger partial charge >= 0.3 is 6.03 Å². The Kier molecular flexibility index (Phi) is 5.74. The van der Waals surface area contributed by atoms with Gasteiger partial charge in [-0.3, -0.25) is 4.79 Å². The summed E-state index contributed by atoms with van der Waals surface area (Å²) in [7, 11) is 1.59. The predicted octanol–water partition coefficient (Wildman–Crippen LogP) is 0.561.